The molecule has 3 amide bonds. The molecule has 5 atom stereocenters. The molecule has 3 aromatic rings. The lowest BCUT2D eigenvalue weighted by Crippen LogP contribution is -2.56. The van der Waals surface area contributed by atoms with Gasteiger partial charge in [0.25, 0.3) is 0 Å². The van der Waals surface area contributed by atoms with Crippen molar-refractivity contribution in [1.82, 2.24) is 25.5 Å². The summed E-state index contributed by atoms with van der Waals surface area (Å²) in [6, 6.07) is 5.98. The quantitative estimate of drug-likeness (QED) is 0.133. The van der Waals surface area contributed by atoms with Gasteiger partial charge in [-0.2, -0.15) is 0 Å². The second kappa shape index (κ2) is 16.8. The number of benzene rings is 1. The average molecular weight is 791 g/mol. The molecule has 2 saturated carbocycles. The van der Waals surface area contributed by atoms with Crippen LogP contribution in [0.2, 0.25) is 0 Å². The minimum absolute atomic E-state index is 0.0523. The van der Waals surface area contributed by atoms with Gasteiger partial charge in [0.15, 0.2) is 5.13 Å². The van der Waals surface area contributed by atoms with Gasteiger partial charge in [-0.05, 0) is 83.6 Å². The number of thiazole rings is 1. The van der Waals surface area contributed by atoms with Crippen LogP contribution in [0.5, 0.6) is 5.75 Å². The first-order valence-corrected chi connectivity index (χ1v) is 21.5. The van der Waals surface area contributed by atoms with Crippen molar-refractivity contribution >= 4 is 63.0 Å². The molecular weight excluding hydrogens is 741 g/mol. The number of carbonyl (C=O) groups is 4. The van der Waals surface area contributed by atoms with Crippen LogP contribution in [0.15, 0.2) is 46.7 Å². The van der Waals surface area contributed by atoms with Crippen LogP contribution >= 0.6 is 23.1 Å². The molecule has 2 aliphatic carbocycles. The number of pyridine rings is 1. The molecule has 2 aromatic heterocycles. The summed E-state index contributed by atoms with van der Waals surface area (Å²) in [6.45, 7) is 4.15. The normalized spacial score (nSPS) is 26.7. The van der Waals surface area contributed by atoms with E-state index in [0.29, 0.717) is 30.0 Å². The molecule has 55 heavy (non-hydrogen) atoms. The lowest BCUT2D eigenvalue weighted by atomic mass is 10.0. The van der Waals surface area contributed by atoms with Crippen LogP contribution in [0.4, 0.5) is 9.93 Å². The third-order valence-corrected chi connectivity index (χ3v) is 12.5. The van der Waals surface area contributed by atoms with Gasteiger partial charge in [-0.3, -0.25) is 9.59 Å². The fourth-order valence-corrected chi connectivity index (χ4v) is 9.36. The van der Waals surface area contributed by atoms with Gasteiger partial charge < -0.3 is 35.4 Å². The number of nitrogens with zero attached hydrogens (tertiary/aromatic N) is 3. The number of anilines is 1. The maximum absolute atomic E-state index is 14.6. The van der Waals surface area contributed by atoms with Crippen LogP contribution in [0.25, 0.3) is 22.3 Å². The van der Waals surface area contributed by atoms with E-state index in [2.05, 4.69) is 29.8 Å². The Morgan fingerprint density at radius 1 is 1.07 bits per heavy atom. The van der Waals surface area contributed by atoms with Crippen molar-refractivity contribution in [2.45, 2.75) is 125 Å². The van der Waals surface area contributed by atoms with Crippen molar-refractivity contribution in [2.75, 3.05) is 18.1 Å². The highest BCUT2D eigenvalue weighted by atomic mass is 32.2. The Labute approximate surface area is 329 Å². The molecule has 4 heterocycles. The van der Waals surface area contributed by atoms with E-state index in [0.717, 1.165) is 65.9 Å². The van der Waals surface area contributed by atoms with Crippen molar-refractivity contribution in [2.24, 2.45) is 5.92 Å². The summed E-state index contributed by atoms with van der Waals surface area (Å²) in [5.74, 6) is -1.89. The van der Waals surface area contributed by atoms with Gasteiger partial charge in [-0.1, -0.05) is 31.1 Å². The molecule has 1 saturated heterocycles. The van der Waals surface area contributed by atoms with Crippen molar-refractivity contribution in [3.8, 4) is 17.1 Å². The van der Waals surface area contributed by atoms with E-state index >= 15 is 0 Å². The molecule has 1 aromatic carbocycles. The van der Waals surface area contributed by atoms with Gasteiger partial charge in [-0.25, -0.2) is 19.6 Å². The first kappa shape index (κ1) is 38.9. The molecule has 0 bridgehead atoms. The first-order chi connectivity index (χ1) is 26.5. The number of amides is 3. The van der Waals surface area contributed by atoms with Crippen LogP contribution in [-0.4, -0.2) is 92.5 Å². The summed E-state index contributed by atoms with van der Waals surface area (Å²) in [4.78, 5) is 66.7. The Balaban J connectivity index is 1.21. The molecule has 3 fully saturated rings. The van der Waals surface area contributed by atoms with Gasteiger partial charge in [0, 0.05) is 40.1 Å². The molecule has 0 spiro atoms. The maximum atomic E-state index is 14.6. The molecule has 0 unspecified atom stereocenters. The Morgan fingerprint density at radius 2 is 1.87 bits per heavy atom. The van der Waals surface area contributed by atoms with Gasteiger partial charge in [0.05, 0.1) is 17.8 Å². The Hall–Kier alpha value is -4.37. The number of thioether (sulfide) groups is 1. The van der Waals surface area contributed by atoms with Gasteiger partial charge in [-0.15, -0.1) is 23.1 Å². The van der Waals surface area contributed by atoms with E-state index in [-0.39, 0.29) is 37.5 Å². The number of aliphatic carboxylic acids is 1. The third-order valence-electron chi connectivity index (χ3n) is 10.9. The van der Waals surface area contributed by atoms with Crippen molar-refractivity contribution in [1.29, 1.82) is 0 Å². The Kier molecular flexibility index (Phi) is 11.9. The van der Waals surface area contributed by atoms with Crippen LogP contribution in [0.3, 0.4) is 0 Å². The molecule has 4 N–H and O–H groups in total. The number of aromatic nitrogens is 2. The predicted molar refractivity (Wildman–Crippen MR) is 212 cm³/mol. The van der Waals surface area contributed by atoms with E-state index in [1.54, 1.807) is 11.8 Å². The number of rotatable bonds is 9. The first-order valence-electron chi connectivity index (χ1n) is 19.4. The Morgan fingerprint density at radius 3 is 2.64 bits per heavy atom. The summed E-state index contributed by atoms with van der Waals surface area (Å²) in [5, 5.41) is 22.8. The lowest BCUT2D eigenvalue weighted by Gasteiger charge is -2.29. The largest absolute Gasteiger partial charge is 0.488 e. The number of allylic oxidation sites excluding steroid dienone is 1. The van der Waals surface area contributed by atoms with Gasteiger partial charge in [0.2, 0.25) is 11.8 Å². The molecule has 0 radical (unpaired) electrons. The smallest absolute Gasteiger partial charge is 0.408 e. The van der Waals surface area contributed by atoms with Gasteiger partial charge in [0.1, 0.15) is 41.3 Å². The monoisotopic (exact) mass is 790 g/mol. The number of hydrogen-bond acceptors (Lipinski definition) is 11. The molecule has 4 aliphatic rings. The number of carbonyl (C=O) groups excluding carboxylic acids is 3. The van der Waals surface area contributed by atoms with Crippen LogP contribution in [0, 0.1) is 5.92 Å². The number of alkyl carbamates (subject to hydrolysis) is 1. The fourth-order valence-electron chi connectivity index (χ4n) is 7.95. The minimum atomic E-state index is -1.44. The molecule has 13 nitrogen and oxygen atoms in total. The second-order valence-corrected chi connectivity index (χ2v) is 17.0. The summed E-state index contributed by atoms with van der Waals surface area (Å²) in [6.07, 6.45) is 11.8. The van der Waals surface area contributed by atoms with E-state index < -0.39 is 47.6 Å². The topological polar surface area (TPSA) is 172 Å². The highest BCUT2D eigenvalue weighted by molar-refractivity contribution is 7.98. The summed E-state index contributed by atoms with van der Waals surface area (Å²) in [5.41, 5.74) is 0.623. The highest BCUT2D eigenvalue weighted by Crippen LogP contribution is 2.46. The van der Waals surface area contributed by atoms with Crippen molar-refractivity contribution in [3.05, 3.63) is 41.8 Å². The molecular formula is C40H50N6O7S2. The number of nitrogens with one attached hydrogen (secondary N) is 3. The van der Waals surface area contributed by atoms with E-state index in [4.69, 9.17) is 19.4 Å². The molecule has 7 rings (SSSR count). The number of fused-ring (bicyclic) bond motifs is 3. The Bertz CT molecular complexity index is 1950. The SMILES string of the molecule is CSc1cccc2c(O[C@@H]3C[C@H]4C(=O)N[C@]5(C(=O)O)C[C@@H]5/C=C\CCCCC[C@@H](NC(=O)OC5CCCC5)C(=O)N4C3)cc(-c3csc(NC(C)C)n3)nc12. The summed E-state index contributed by atoms with van der Waals surface area (Å²) < 4.78 is 12.5. The molecule has 15 heteroatoms. The maximum Gasteiger partial charge on any atom is 0.408 e. The second-order valence-electron chi connectivity index (χ2n) is 15.3. The molecule has 294 valence electrons. The van der Waals surface area contributed by atoms with Crippen molar-refractivity contribution < 1.29 is 33.8 Å². The number of ether oxygens (including phenoxy) is 2. The third kappa shape index (κ3) is 8.72. The number of hydrogen-bond donors (Lipinski definition) is 4. The highest BCUT2D eigenvalue weighted by Gasteiger charge is 2.61. The van der Waals surface area contributed by atoms with Crippen LogP contribution in [-0.2, 0) is 19.1 Å². The zero-order valence-corrected chi connectivity index (χ0v) is 33.2. The fraction of sp³-hybridized carbons (Fsp3) is 0.550. The zero-order chi connectivity index (χ0) is 38.7. The summed E-state index contributed by atoms with van der Waals surface area (Å²) >= 11 is 3.06. The zero-order valence-electron chi connectivity index (χ0n) is 31.5. The van der Waals surface area contributed by atoms with Crippen molar-refractivity contribution in [3.63, 3.8) is 0 Å². The molecule has 2 aliphatic heterocycles. The minimum Gasteiger partial charge on any atom is -0.488 e. The predicted octanol–water partition coefficient (Wildman–Crippen LogP) is 6.77. The van der Waals surface area contributed by atoms with E-state index in [1.807, 2.05) is 48.1 Å². The van der Waals surface area contributed by atoms with E-state index in [9.17, 15) is 24.3 Å². The lowest BCUT2D eigenvalue weighted by molar-refractivity contribution is -0.145. The standard InChI is InChI=1S/C40H50N6O7S2/c1-23(2)41-38-43-30(22-55-38)29-19-32(27-15-11-17-33(54-3)34(27)42-29)52-26-18-31-35(47)45-40(37(49)50)20-24(40)12-7-5-4-6-8-16-28(36(48)46(31)21-26)44-39(51)53-25-13-9-10-14-25/h7,11-12,15,17,19,22-26,28,31H,4-6,8-10,13-14,16,18,20-21H2,1-3H3,(H,41,43)(H,44,51)(H,45,47)(H,49,50)/b12-7-/t24-,26+,28+,31-,40+/m0/s1. The van der Waals surface area contributed by atoms with Gasteiger partial charge >= 0.3 is 12.1 Å². The average Bonchev–Trinajstić information content (AvgIpc) is 3.58. The van der Waals surface area contributed by atoms with E-state index in [1.165, 1.54) is 16.2 Å². The van der Waals surface area contributed by atoms with Crippen LogP contribution < -0.4 is 20.7 Å². The number of para-hydroxylation sites is 1. The number of carboxylic acids is 1. The number of carboxylic acid groups (broad SMARTS) is 1. The summed E-state index contributed by atoms with van der Waals surface area (Å²) in [7, 11) is 0. The van der Waals surface area contributed by atoms with Crippen LogP contribution in [0.1, 0.15) is 84.5 Å².